The molecule has 0 aromatic carbocycles. The molecule has 1 aliphatic heterocycles. The third-order valence-electron chi connectivity index (χ3n) is 3.06. The van der Waals surface area contributed by atoms with Gasteiger partial charge >= 0.3 is 0 Å². The molecule has 1 saturated heterocycles. The van der Waals surface area contributed by atoms with E-state index < -0.39 is 0 Å². The fraction of sp³-hybridized carbons (Fsp3) is 1.00. The molecule has 0 aromatic heterocycles. The second-order valence-corrected chi connectivity index (χ2v) is 5.67. The molecule has 0 bridgehead atoms. The predicted molar refractivity (Wildman–Crippen MR) is 70.4 cm³/mol. The molecule has 1 N–H and O–H groups in total. The highest BCUT2D eigenvalue weighted by Gasteiger charge is 2.28. The summed E-state index contributed by atoms with van der Waals surface area (Å²) in [5.41, 5.74) is 0.0295. The summed E-state index contributed by atoms with van der Waals surface area (Å²) in [6.45, 7) is 8.73. The van der Waals surface area contributed by atoms with Gasteiger partial charge < -0.3 is 19.7 Å². The summed E-state index contributed by atoms with van der Waals surface area (Å²) in [4.78, 5) is 2.13. The molecule has 0 amide bonds. The van der Waals surface area contributed by atoms with E-state index in [4.69, 9.17) is 9.47 Å². The lowest BCUT2D eigenvalue weighted by Crippen LogP contribution is -2.44. The van der Waals surface area contributed by atoms with E-state index in [1.54, 1.807) is 0 Å². The van der Waals surface area contributed by atoms with Gasteiger partial charge in [0, 0.05) is 25.7 Å². The maximum absolute atomic E-state index is 5.69. The number of hydrogen-bond acceptors (Lipinski definition) is 4. The molecule has 0 aromatic rings. The summed E-state index contributed by atoms with van der Waals surface area (Å²) in [5, 5.41) is 3.55. The first-order valence-corrected chi connectivity index (χ1v) is 6.59. The molecular formula is C13H28N2O2. The van der Waals surface area contributed by atoms with Gasteiger partial charge in [-0.15, -0.1) is 0 Å². The molecule has 0 radical (unpaired) electrons. The van der Waals surface area contributed by atoms with Crippen molar-refractivity contribution in [2.75, 3.05) is 47.0 Å². The van der Waals surface area contributed by atoms with Gasteiger partial charge in [-0.1, -0.05) is 0 Å². The second-order valence-electron chi connectivity index (χ2n) is 5.67. The molecule has 0 spiro atoms. The molecule has 1 atom stereocenters. The van der Waals surface area contributed by atoms with Crippen LogP contribution in [0, 0.1) is 0 Å². The van der Waals surface area contributed by atoms with Crippen molar-refractivity contribution in [1.29, 1.82) is 0 Å². The number of rotatable bonds is 7. The van der Waals surface area contributed by atoms with Crippen molar-refractivity contribution < 1.29 is 9.47 Å². The number of nitrogens with one attached hydrogen (secondary N) is 1. The normalized spacial score (nSPS) is 24.2. The van der Waals surface area contributed by atoms with Crippen LogP contribution >= 0.6 is 0 Å². The molecule has 1 fully saturated rings. The third kappa shape index (κ3) is 6.99. The van der Waals surface area contributed by atoms with Gasteiger partial charge in [-0.2, -0.15) is 0 Å². The first kappa shape index (κ1) is 14.9. The summed E-state index contributed by atoms with van der Waals surface area (Å²) in [6.07, 6.45) is 2.20. The number of hydrogen-bond donors (Lipinski definition) is 1. The highest BCUT2D eigenvalue weighted by atomic mass is 16.5. The maximum Gasteiger partial charge on any atom is 0.0641 e. The van der Waals surface area contributed by atoms with Crippen molar-refractivity contribution in [3.05, 3.63) is 0 Å². The summed E-state index contributed by atoms with van der Waals surface area (Å²) in [7, 11) is 4.12. The molecule has 1 aliphatic rings. The van der Waals surface area contributed by atoms with E-state index in [0.717, 1.165) is 45.8 Å². The lowest BCUT2D eigenvalue weighted by molar-refractivity contribution is -0.0634. The minimum atomic E-state index is 0.0295. The van der Waals surface area contributed by atoms with E-state index in [2.05, 4.69) is 38.2 Å². The Kier molecular flexibility index (Phi) is 6.41. The van der Waals surface area contributed by atoms with Crippen molar-refractivity contribution in [2.45, 2.75) is 38.3 Å². The molecule has 0 saturated carbocycles. The van der Waals surface area contributed by atoms with Crippen LogP contribution in [0.2, 0.25) is 0 Å². The van der Waals surface area contributed by atoms with E-state index >= 15 is 0 Å². The van der Waals surface area contributed by atoms with Crippen LogP contribution in [0.4, 0.5) is 0 Å². The Bertz CT molecular complexity index is 208. The zero-order valence-electron chi connectivity index (χ0n) is 11.8. The molecular weight excluding hydrogens is 216 g/mol. The van der Waals surface area contributed by atoms with Gasteiger partial charge in [-0.25, -0.2) is 0 Å². The second kappa shape index (κ2) is 7.31. The fourth-order valence-corrected chi connectivity index (χ4v) is 2.09. The van der Waals surface area contributed by atoms with Crippen LogP contribution in [-0.2, 0) is 9.47 Å². The van der Waals surface area contributed by atoms with Gasteiger partial charge in [0.25, 0.3) is 0 Å². The van der Waals surface area contributed by atoms with Crippen LogP contribution in [0.3, 0.4) is 0 Å². The Morgan fingerprint density at radius 1 is 1.35 bits per heavy atom. The Balaban J connectivity index is 1.99. The average molecular weight is 244 g/mol. The van der Waals surface area contributed by atoms with E-state index in [1.165, 1.54) is 0 Å². The molecule has 1 heterocycles. The Morgan fingerprint density at radius 3 is 2.76 bits per heavy atom. The Morgan fingerprint density at radius 2 is 2.12 bits per heavy atom. The van der Waals surface area contributed by atoms with E-state index in [1.807, 2.05) is 0 Å². The van der Waals surface area contributed by atoms with Gasteiger partial charge in [0.05, 0.1) is 18.8 Å². The van der Waals surface area contributed by atoms with E-state index in [-0.39, 0.29) is 5.60 Å². The smallest absolute Gasteiger partial charge is 0.0641 e. The number of nitrogens with zero attached hydrogens (tertiary/aromatic N) is 1. The van der Waals surface area contributed by atoms with Crippen molar-refractivity contribution in [1.82, 2.24) is 10.2 Å². The maximum atomic E-state index is 5.69. The minimum absolute atomic E-state index is 0.0295. The Labute approximate surface area is 106 Å². The molecule has 4 heteroatoms. The van der Waals surface area contributed by atoms with Gasteiger partial charge in [-0.3, -0.25) is 0 Å². The van der Waals surface area contributed by atoms with Crippen LogP contribution in [0.5, 0.6) is 0 Å². The quantitative estimate of drug-likeness (QED) is 0.680. The fourth-order valence-electron chi connectivity index (χ4n) is 2.09. The van der Waals surface area contributed by atoms with Crippen LogP contribution in [0.25, 0.3) is 0 Å². The first-order valence-electron chi connectivity index (χ1n) is 6.59. The van der Waals surface area contributed by atoms with Crippen molar-refractivity contribution in [2.24, 2.45) is 0 Å². The van der Waals surface area contributed by atoms with Gasteiger partial charge in [0.15, 0.2) is 0 Å². The lowest BCUT2D eigenvalue weighted by atomic mass is 9.94. The standard InChI is InChI=1S/C13H28N2O2/c1-13(2)11-12(5-8-17-13)14-6-9-16-10-7-15(3)4/h12,14H,5-11H2,1-4H3. The zero-order chi connectivity index (χ0) is 12.7. The number of ether oxygens (including phenoxy) is 2. The summed E-state index contributed by atoms with van der Waals surface area (Å²) in [6, 6.07) is 0.580. The molecule has 1 rings (SSSR count). The predicted octanol–water partition coefficient (Wildman–Crippen LogP) is 1.11. The van der Waals surface area contributed by atoms with E-state index in [9.17, 15) is 0 Å². The molecule has 0 aliphatic carbocycles. The molecule has 1 unspecified atom stereocenters. The van der Waals surface area contributed by atoms with Crippen molar-refractivity contribution >= 4 is 0 Å². The molecule has 4 nitrogen and oxygen atoms in total. The average Bonchev–Trinajstić information content (AvgIpc) is 2.21. The van der Waals surface area contributed by atoms with Crippen molar-refractivity contribution in [3.8, 4) is 0 Å². The van der Waals surface area contributed by atoms with Crippen molar-refractivity contribution in [3.63, 3.8) is 0 Å². The zero-order valence-corrected chi connectivity index (χ0v) is 11.8. The Hall–Kier alpha value is -0.160. The first-order chi connectivity index (χ1) is 7.99. The van der Waals surface area contributed by atoms with Gasteiger partial charge in [-0.05, 0) is 40.8 Å². The van der Waals surface area contributed by atoms with Crippen LogP contribution in [0.15, 0.2) is 0 Å². The third-order valence-corrected chi connectivity index (χ3v) is 3.06. The highest BCUT2D eigenvalue weighted by molar-refractivity contribution is 4.82. The van der Waals surface area contributed by atoms with Gasteiger partial charge in [0.2, 0.25) is 0 Å². The van der Waals surface area contributed by atoms with E-state index in [0.29, 0.717) is 6.04 Å². The highest BCUT2D eigenvalue weighted by Crippen LogP contribution is 2.23. The summed E-state index contributed by atoms with van der Waals surface area (Å²) in [5.74, 6) is 0. The molecule has 17 heavy (non-hydrogen) atoms. The molecule has 102 valence electrons. The summed E-state index contributed by atoms with van der Waals surface area (Å²) >= 11 is 0. The van der Waals surface area contributed by atoms with Crippen LogP contribution in [-0.4, -0.2) is 63.5 Å². The minimum Gasteiger partial charge on any atom is -0.379 e. The lowest BCUT2D eigenvalue weighted by Gasteiger charge is -2.36. The van der Waals surface area contributed by atoms with Crippen LogP contribution < -0.4 is 5.32 Å². The SMILES string of the molecule is CN(C)CCOCCNC1CCOC(C)(C)C1. The number of likely N-dealkylation sites (N-methyl/N-ethyl adjacent to an activating group) is 1. The largest absolute Gasteiger partial charge is 0.379 e. The monoisotopic (exact) mass is 244 g/mol. The van der Waals surface area contributed by atoms with Gasteiger partial charge in [0.1, 0.15) is 0 Å². The van der Waals surface area contributed by atoms with Crippen LogP contribution in [0.1, 0.15) is 26.7 Å². The topological polar surface area (TPSA) is 33.7 Å². The summed E-state index contributed by atoms with van der Waals surface area (Å²) < 4.78 is 11.2.